The summed E-state index contributed by atoms with van der Waals surface area (Å²) in [5.74, 6) is 2.63. The van der Waals surface area contributed by atoms with Crippen molar-refractivity contribution >= 4 is 0 Å². The first-order valence-electron chi connectivity index (χ1n) is 7.47. The average Bonchev–Trinajstić information content (AvgIpc) is 2.21. The maximum Gasteiger partial charge on any atom is 0.0333 e. The lowest BCUT2D eigenvalue weighted by Crippen LogP contribution is -2.57. The molecule has 2 fully saturated rings. The molecule has 0 amide bonds. The number of nitrogens with two attached hydrogens (primary N) is 1. The van der Waals surface area contributed by atoms with Crippen LogP contribution in [0.3, 0.4) is 0 Å². The van der Waals surface area contributed by atoms with Crippen LogP contribution in [0.1, 0.15) is 52.4 Å². The van der Waals surface area contributed by atoms with E-state index in [1.54, 1.807) is 0 Å². The molecule has 17 heavy (non-hydrogen) atoms. The highest BCUT2D eigenvalue weighted by atomic mass is 15.2. The van der Waals surface area contributed by atoms with Crippen molar-refractivity contribution in [3.8, 4) is 0 Å². The highest BCUT2D eigenvalue weighted by Crippen LogP contribution is 2.40. The van der Waals surface area contributed by atoms with Crippen molar-refractivity contribution in [1.82, 2.24) is 4.90 Å². The molecule has 0 aromatic heterocycles. The van der Waals surface area contributed by atoms with Crippen molar-refractivity contribution in [2.75, 3.05) is 20.1 Å². The van der Waals surface area contributed by atoms with E-state index in [0.29, 0.717) is 5.54 Å². The third kappa shape index (κ3) is 2.85. The SMILES string of the molecule is CC1CC(C)CC(CN)(N(C)CC2CCC2)C1. The van der Waals surface area contributed by atoms with E-state index in [4.69, 9.17) is 5.73 Å². The van der Waals surface area contributed by atoms with Gasteiger partial charge in [-0.25, -0.2) is 0 Å². The van der Waals surface area contributed by atoms with Crippen LogP contribution >= 0.6 is 0 Å². The number of rotatable bonds is 4. The van der Waals surface area contributed by atoms with E-state index in [2.05, 4.69) is 25.8 Å². The number of hydrogen-bond acceptors (Lipinski definition) is 2. The minimum atomic E-state index is 0.298. The highest BCUT2D eigenvalue weighted by molar-refractivity contribution is 4.97. The number of likely N-dealkylation sites (N-methyl/N-ethyl adjacent to an activating group) is 1. The van der Waals surface area contributed by atoms with Crippen molar-refractivity contribution in [2.24, 2.45) is 23.5 Å². The van der Waals surface area contributed by atoms with Gasteiger partial charge >= 0.3 is 0 Å². The van der Waals surface area contributed by atoms with E-state index >= 15 is 0 Å². The number of nitrogens with zero attached hydrogens (tertiary/aromatic N) is 1. The summed E-state index contributed by atoms with van der Waals surface area (Å²) in [4.78, 5) is 2.61. The van der Waals surface area contributed by atoms with Crippen LogP contribution in [-0.2, 0) is 0 Å². The van der Waals surface area contributed by atoms with Crippen molar-refractivity contribution in [1.29, 1.82) is 0 Å². The van der Waals surface area contributed by atoms with Gasteiger partial charge < -0.3 is 5.73 Å². The van der Waals surface area contributed by atoms with Gasteiger partial charge in [-0.1, -0.05) is 20.3 Å². The Morgan fingerprint density at radius 1 is 1.18 bits per heavy atom. The number of hydrogen-bond donors (Lipinski definition) is 1. The predicted molar refractivity (Wildman–Crippen MR) is 73.9 cm³/mol. The molecular formula is C15H30N2. The van der Waals surface area contributed by atoms with Gasteiger partial charge in [0.15, 0.2) is 0 Å². The Morgan fingerprint density at radius 2 is 1.76 bits per heavy atom. The van der Waals surface area contributed by atoms with Gasteiger partial charge in [-0.2, -0.15) is 0 Å². The fraction of sp³-hybridized carbons (Fsp3) is 1.00. The van der Waals surface area contributed by atoms with Gasteiger partial charge in [0.25, 0.3) is 0 Å². The summed E-state index contributed by atoms with van der Waals surface area (Å²) in [6.45, 7) is 6.91. The lowest BCUT2D eigenvalue weighted by atomic mass is 9.70. The summed E-state index contributed by atoms with van der Waals surface area (Å²) in [5.41, 5.74) is 6.46. The first kappa shape index (κ1) is 13.4. The standard InChI is InChI=1S/C15H30N2/c1-12-7-13(2)9-15(8-12,11-16)17(3)10-14-5-4-6-14/h12-14H,4-11,16H2,1-3H3. The van der Waals surface area contributed by atoms with Crippen LogP contribution in [0.2, 0.25) is 0 Å². The smallest absolute Gasteiger partial charge is 0.0333 e. The molecule has 0 radical (unpaired) electrons. The van der Waals surface area contributed by atoms with Gasteiger partial charge in [-0.3, -0.25) is 4.90 Å². The maximum atomic E-state index is 6.16. The summed E-state index contributed by atoms with van der Waals surface area (Å²) in [6, 6.07) is 0. The predicted octanol–water partition coefficient (Wildman–Crippen LogP) is 2.87. The Bertz CT molecular complexity index is 237. The van der Waals surface area contributed by atoms with E-state index in [0.717, 1.165) is 24.3 Å². The van der Waals surface area contributed by atoms with Gasteiger partial charge in [0.05, 0.1) is 0 Å². The monoisotopic (exact) mass is 238 g/mol. The van der Waals surface area contributed by atoms with Crippen LogP contribution in [0.25, 0.3) is 0 Å². The van der Waals surface area contributed by atoms with E-state index in [9.17, 15) is 0 Å². The van der Waals surface area contributed by atoms with Crippen LogP contribution in [-0.4, -0.2) is 30.6 Å². The van der Waals surface area contributed by atoms with Crippen LogP contribution in [0.4, 0.5) is 0 Å². The largest absolute Gasteiger partial charge is 0.329 e. The molecule has 2 unspecified atom stereocenters. The van der Waals surface area contributed by atoms with Gasteiger partial charge in [-0.05, 0) is 56.9 Å². The zero-order valence-corrected chi connectivity index (χ0v) is 11.9. The minimum absolute atomic E-state index is 0.298. The summed E-state index contributed by atoms with van der Waals surface area (Å²) in [7, 11) is 2.32. The zero-order chi connectivity index (χ0) is 12.5. The Morgan fingerprint density at radius 3 is 2.18 bits per heavy atom. The van der Waals surface area contributed by atoms with E-state index in [1.807, 2.05) is 0 Å². The van der Waals surface area contributed by atoms with Crippen molar-refractivity contribution in [2.45, 2.75) is 57.9 Å². The third-order valence-corrected chi connectivity index (χ3v) is 5.21. The molecule has 0 aliphatic heterocycles. The Balaban J connectivity index is 2.00. The molecule has 0 aromatic carbocycles. The van der Waals surface area contributed by atoms with Gasteiger partial charge in [0.2, 0.25) is 0 Å². The first-order valence-corrected chi connectivity index (χ1v) is 7.47. The molecule has 2 atom stereocenters. The van der Waals surface area contributed by atoms with Gasteiger partial charge in [0.1, 0.15) is 0 Å². The molecular weight excluding hydrogens is 208 g/mol. The Kier molecular flexibility index (Phi) is 4.14. The fourth-order valence-corrected chi connectivity index (χ4v) is 4.12. The lowest BCUT2D eigenvalue weighted by Gasteiger charge is -2.50. The maximum absolute atomic E-state index is 6.16. The molecule has 0 aromatic rings. The van der Waals surface area contributed by atoms with E-state index in [1.165, 1.54) is 45.1 Å². The zero-order valence-electron chi connectivity index (χ0n) is 11.9. The van der Waals surface area contributed by atoms with E-state index in [-0.39, 0.29) is 0 Å². The van der Waals surface area contributed by atoms with Crippen LogP contribution < -0.4 is 5.73 Å². The van der Waals surface area contributed by atoms with Crippen LogP contribution in [0.15, 0.2) is 0 Å². The molecule has 100 valence electrons. The molecule has 0 saturated heterocycles. The molecule has 0 bridgehead atoms. The molecule has 2 N–H and O–H groups in total. The lowest BCUT2D eigenvalue weighted by molar-refractivity contribution is 0.0192. The molecule has 2 nitrogen and oxygen atoms in total. The molecule has 0 spiro atoms. The Labute approximate surface area is 107 Å². The van der Waals surface area contributed by atoms with Gasteiger partial charge in [0, 0.05) is 18.6 Å². The molecule has 2 aliphatic rings. The average molecular weight is 238 g/mol. The van der Waals surface area contributed by atoms with Crippen molar-refractivity contribution in [3.63, 3.8) is 0 Å². The Hall–Kier alpha value is -0.0800. The minimum Gasteiger partial charge on any atom is -0.329 e. The third-order valence-electron chi connectivity index (χ3n) is 5.21. The second-order valence-corrected chi connectivity index (χ2v) is 6.96. The highest BCUT2D eigenvalue weighted by Gasteiger charge is 2.40. The molecule has 0 heterocycles. The molecule has 2 saturated carbocycles. The molecule has 2 rings (SSSR count). The first-order chi connectivity index (χ1) is 8.05. The topological polar surface area (TPSA) is 29.3 Å². The van der Waals surface area contributed by atoms with Crippen LogP contribution in [0.5, 0.6) is 0 Å². The quantitative estimate of drug-likeness (QED) is 0.816. The second kappa shape index (κ2) is 5.27. The van der Waals surface area contributed by atoms with Crippen molar-refractivity contribution < 1.29 is 0 Å². The summed E-state index contributed by atoms with van der Waals surface area (Å²) in [6.07, 6.45) is 8.32. The normalized spacial score (nSPS) is 39.4. The van der Waals surface area contributed by atoms with Crippen molar-refractivity contribution in [3.05, 3.63) is 0 Å². The summed E-state index contributed by atoms with van der Waals surface area (Å²) in [5, 5.41) is 0. The van der Waals surface area contributed by atoms with E-state index < -0.39 is 0 Å². The summed E-state index contributed by atoms with van der Waals surface area (Å²) >= 11 is 0. The second-order valence-electron chi connectivity index (χ2n) is 6.96. The van der Waals surface area contributed by atoms with Crippen LogP contribution in [0, 0.1) is 17.8 Å². The molecule has 2 aliphatic carbocycles. The molecule has 2 heteroatoms. The summed E-state index contributed by atoms with van der Waals surface area (Å²) < 4.78 is 0. The fourth-order valence-electron chi connectivity index (χ4n) is 4.12. The van der Waals surface area contributed by atoms with Gasteiger partial charge in [-0.15, -0.1) is 0 Å².